The van der Waals surface area contributed by atoms with Gasteiger partial charge in [-0.25, -0.2) is 4.79 Å². The zero-order chi connectivity index (χ0) is 12.4. The first-order valence-electron chi connectivity index (χ1n) is 5.87. The molecular formula is C11H23N3O2. The second kappa shape index (κ2) is 9.00. The largest absolute Gasteiger partial charge is 0.355 e. The maximum Gasteiger partial charge on any atom is 0.315 e. The molecular weight excluding hydrogens is 206 g/mol. The fourth-order valence-corrected chi connectivity index (χ4v) is 1.14. The van der Waals surface area contributed by atoms with E-state index in [1.807, 2.05) is 13.8 Å². The molecule has 94 valence electrons. The second-order valence-corrected chi connectivity index (χ2v) is 4.04. The van der Waals surface area contributed by atoms with Gasteiger partial charge in [-0.3, -0.25) is 4.79 Å². The molecule has 0 radical (unpaired) electrons. The van der Waals surface area contributed by atoms with Crippen molar-refractivity contribution < 1.29 is 9.59 Å². The number of amides is 3. The summed E-state index contributed by atoms with van der Waals surface area (Å²) in [6.07, 6.45) is 3.23. The van der Waals surface area contributed by atoms with Crippen molar-refractivity contribution in [3.8, 4) is 0 Å². The van der Waals surface area contributed by atoms with Gasteiger partial charge < -0.3 is 16.0 Å². The lowest BCUT2D eigenvalue weighted by molar-refractivity contribution is -0.120. The molecule has 3 amide bonds. The molecule has 0 aromatic heterocycles. The SMILES string of the molecule is CCCCCNC(=O)CNC(=O)NC(C)C. The van der Waals surface area contributed by atoms with Crippen molar-refractivity contribution in [3.05, 3.63) is 0 Å². The zero-order valence-corrected chi connectivity index (χ0v) is 10.4. The fourth-order valence-electron chi connectivity index (χ4n) is 1.14. The number of hydrogen-bond acceptors (Lipinski definition) is 2. The molecule has 0 bridgehead atoms. The Bertz CT molecular complexity index is 217. The van der Waals surface area contributed by atoms with Gasteiger partial charge in [-0.1, -0.05) is 19.8 Å². The van der Waals surface area contributed by atoms with E-state index in [-0.39, 0.29) is 24.5 Å². The number of nitrogens with one attached hydrogen (secondary N) is 3. The van der Waals surface area contributed by atoms with Crippen LogP contribution in [0.4, 0.5) is 4.79 Å². The van der Waals surface area contributed by atoms with Crippen LogP contribution in [0.5, 0.6) is 0 Å². The van der Waals surface area contributed by atoms with Gasteiger partial charge in [-0.15, -0.1) is 0 Å². The molecule has 3 N–H and O–H groups in total. The van der Waals surface area contributed by atoms with Crippen molar-refractivity contribution in [2.24, 2.45) is 0 Å². The first kappa shape index (κ1) is 14.7. The van der Waals surface area contributed by atoms with E-state index < -0.39 is 0 Å². The Labute approximate surface area is 97.4 Å². The molecule has 0 aromatic carbocycles. The molecule has 5 heteroatoms. The third-order valence-electron chi connectivity index (χ3n) is 1.93. The first-order valence-corrected chi connectivity index (χ1v) is 5.87. The van der Waals surface area contributed by atoms with Gasteiger partial charge in [-0.05, 0) is 20.3 Å². The average Bonchev–Trinajstić information content (AvgIpc) is 2.20. The number of hydrogen-bond donors (Lipinski definition) is 3. The Morgan fingerprint density at radius 3 is 2.38 bits per heavy atom. The maximum atomic E-state index is 11.2. The summed E-state index contributed by atoms with van der Waals surface area (Å²) in [7, 11) is 0. The highest BCUT2D eigenvalue weighted by molar-refractivity contribution is 5.83. The number of rotatable bonds is 7. The summed E-state index contributed by atoms with van der Waals surface area (Å²) in [5.74, 6) is -0.144. The van der Waals surface area contributed by atoms with E-state index in [9.17, 15) is 9.59 Å². The topological polar surface area (TPSA) is 70.2 Å². The van der Waals surface area contributed by atoms with Crippen LogP contribution < -0.4 is 16.0 Å². The molecule has 0 saturated carbocycles. The Morgan fingerprint density at radius 1 is 1.12 bits per heavy atom. The van der Waals surface area contributed by atoms with Gasteiger partial charge in [0.05, 0.1) is 6.54 Å². The molecule has 0 rings (SSSR count). The summed E-state index contributed by atoms with van der Waals surface area (Å²) >= 11 is 0. The van der Waals surface area contributed by atoms with Crippen molar-refractivity contribution in [2.75, 3.05) is 13.1 Å². The molecule has 0 aliphatic carbocycles. The van der Waals surface area contributed by atoms with Crippen LogP contribution in [0.2, 0.25) is 0 Å². The average molecular weight is 229 g/mol. The molecule has 0 atom stereocenters. The normalized spacial score (nSPS) is 10.0. The lowest BCUT2D eigenvalue weighted by atomic mass is 10.2. The van der Waals surface area contributed by atoms with E-state index in [1.54, 1.807) is 0 Å². The predicted octanol–water partition coefficient (Wildman–Crippen LogP) is 1.00. The standard InChI is InChI=1S/C11H23N3O2/c1-4-5-6-7-12-10(15)8-13-11(16)14-9(2)3/h9H,4-8H2,1-3H3,(H,12,15)(H2,13,14,16). The van der Waals surface area contributed by atoms with E-state index in [4.69, 9.17) is 0 Å². The van der Waals surface area contributed by atoms with Crippen molar-refractivity contribution in [1.29, 1.82) is 0 Å². The van der Waals surface area contributed by atoms with Crippen LogP contribution in [0.25, 0.3) is 0 Å². The molecule has 0 fully saturated rings. The summed E-state index contributed by atoms with van der Waals surface area (Å²) in [6, 6.07) is -0.230. The lowest BCUT2D eigenvalue weighted by Crippen LogP contribution is -2.44. The molecule has 0 aliphatic rings. The quantitative estimate of drug-likeness (QED) is 0.570. The minimum Gasteiger partial charge on any atom is -0.355 e. The summed E-state index contributed by atoms with van der Waals surface area (Å²) in [5, 5.41) is 7.88. The minimum absolute atomic E-state index is 0.0324. The van der Waals surface area contributed by atoms with E-state index in [0.29, 0.717) is 6.54 Å². The molecule has 0 unspecified atom stereocenters. The Morgan fingerprint density at radius 2 is 1.81 bits per heavy atom. The summed E-state index contributed by atoms with van der Waals surface area (Å²) in [6.45, 7) is 6.55. The summed E-state index contributed by atoms with van der Waals surface area (Å²) in [5.41, 5.74) is 0. The van der Waals surface area contributed by atoms with Gasteiger partial charge in [0.2, 0.25) is 5.91 Å². The van der Waals surface area contributed by atoms with Gasteiger partial charge in [0.1, 0.15) is 0 Å². The van der Waals surface area contributed by atoms with Crippen LogP contribution in [-0.2, 0) is 4.79 Å². The number of carbonyl (C=O) groups is 2. The molecule has 0 aromatic rings. The van der Waals surface area contributed by atoms with Crippen molar-refractivity contribution in [3.63, 3.8) is 0 Å². The molecule has 0 aliphatic heterocycles. The van der Waals surface area contributed by atoms with Crippen LogP contribution in [0.1, 0.15) is 40.0 Å². The summed E-state index contributed by atoms with van der Waals surface area (Å²) in [4.78, 5) is 22.4. The minimum atomic E-state index is -0.307. The number of unbranched alkanes of at least 4 members (excludes halogenated alkanes) is 2. The Balaban J connectivity index is 3.46. The maximum absolute atomic E-state index is 11.2. The van der Waals surface area contributed by atoms with Gasteiger partial charge in [0, 0.05) is 12.6 Å². The first-order chi connectivity index (χ1) is 7.56. The molecule has 0 heterocycles. The number of carbonyl (C=O) groups excluding carboxylic acids is 2. The van der Waals surface area contributed by atoms with E-state index in [2.05, 4.69) is 22.9 Å². The van der Waals surface area contributed by atoms with Crippen molar-refractivity contribution in [1.82, 2.24) is 16.0 Å². The molecule has 5 nitrogen and oxygen atoms in total. The van der Waals surface area contributed by atoms with Crippen LogP contribution >= 0.6 is 0 Å². The van der Waals surface area contributed by atoms with Crippen molar-refractivity contribution >= 4 is 11.9 Å². The molecule has 0 spiro atoms. The Kier molecular flexibility index (Phi) is 8.29. The van der Waals surface area contributed by atoms with Crippen LogP contribution in [0.3, 0.4) is 0 Å². The van der Waals surface area contributed by atoms with E-state index in [0.717, 1.165) is 19.3 Å². The number of urea groups is 1. The zero-order valence-electron chi connectivity index (χ0n) is 10.4. The molecule has 16 heavy (non-hydrogen) atoms. The van der Waals surface area contributed by atoms with Crippen LogP contribution in [-0.4, -0.2) is 31.1 Å². The summed E-state index contributed by atoms with van der Waals surface area (Å²) < 4.78 is 0. The van der Waals surface area contributed by atoms with E-state index in [1.165, 1.54) is 0 Å². The van der Waals surface area contributed by atoms with Crippen molar-refractivity contribution in [2.45, 2.75) is 46.1 Å². The highest BCUT2D eigenvalue weighted by Gasteiger charge is 2.04. The third kappa shape index (κ3) is 9.30. The lowest BCUT2D eigenvalue weighted by Gasteiger charge is -2.10. The third-order valence-corrected chi connectivity index (χ3v) is 1.93. The van der Waals surface area contributed by atoms with Gasteiger partial charge in [0.25, 0.3) is 0 Å². The fraction of sp³-hybridized carbons (Fsp3) is 0.818. The highest BCUT2D eigenvalue weighted by atomic mass is 16.2. The highest BCUT2D eigenvalue weighted by Crippen LogP contribution is 1.90. The van der Waals surface area contributed by atoms with Crippen LogP contribution in [0.15, 0.2) is 0 Å². The molecule has 0 saturated heterocycles. The monoisotopic (exact) mass is 229 g/mol. The van der Waals surface area contributed by atoms with Gasteiger partial charge >= 0.3 is 6.03 Å². The predicted molar refractivity (Wildman–Crippen MR) is 64.2 cm³/mol. The van der Waals surface area contributed by atoms with E-state index >= 15 is 0 Å². The smallest absolute Gasteiger partial charge is 0.315 e. The van der Waals surface area contributed by atoms with Gasteiger partial charge in [0.15, 0.2) is 0 Å². The van der Waals surface area contributed by atoms with Gasteiger partial charge in [-0.2, -0.15) is 0 Å². The Hall–Kier alpha value is -1.26. The van der Waals surface area contributed by atoms with Crippen LogP contribution in [0, 0.1) is 0 Å². The second-order valence-electron chi connectivity index (χ2n) is 4.04.